The quantitative estimate of drug-likeness (QED) is 0.795. The van der Waals surface area contributed by atoms with Crippen molar-refractivity contribution in [2.24, 2.45) is 0 Å². The summed E-state index contributed by atoms with van der Waals surface area (Å²) in [5.41, 5.74) is 0.491. The van der Waals surface area contributed by atoms with Gasteiger partial charge in [0, 0.05) is 17.2 Å². The molecule has 0 bridgehead atoms. The van der Waals surface area contributed by atoms with Crippen LogP contribution in [0.5, 0.6) is 0 Å². The molecule has 114 valence electrons. The van der Waals surface area contributed by atoms with Gasteiger partial charge >= 0.3 is 6.18 Å². The van der Waals surface area contributed by atoms with Gasteiger partial charge in [0.15, 0.2) is 0 Å². The van der Waals surface area contributed by atoms with Gasteiger partial charge in [-0.1, -0.05) is 35.3 Å². The SMILES string of the molecule is CCOCn1c(C(F)(F)F)nc(-c2ccc(Cl)cc2)c1Cl. The van der Waals surface area contributed by atoms with E-state index in [1.165, 1.54) is 0 Å². The molecule has 21 heavy (non-hydrogen) atoms. The van der Waals surface area contributed by atoms with Gasteiger partial charge in [0.2, 0.25) is 5.82 Å². The number of nitrogens with zero attached hydrogens (tertiary/aromatic N) is 2. The fraction of sp³-hybridized carbons (Fsp3) is 0.308. The van der Waals surface area contributed by atoms with Crippen LogP contribution in [-0.2, 0) is 17.6 Å². The van der Waals surface area contributed by atoms with E-state index in [0.717, 1.165) is 4.57 Å². The first-order valence-electron chi connectivity index (χ1n) is 6.01. The van der Waals surface area contributed by atoms with Crippen LogP contribution in [0.25, 0.3) is 11.3 Å². The second-order valence-corrected chi connectivity index (χ2v) is 4.92. The molecular formula is C13H11Cl2F3N2O. The first kappa shape index (κ1) is 16.1. The minimum absolute atomic E-state index is 0.0420. The molecule has 0 saturated carbocycles. The third-order valence-corrected chi connectivity index (χ3v) is 3.34. The topological polar surface area (TPSA) is 27.1 Å². The van der Waals surface area contributed by atoms with E-state index in [4.69, 9.17) is 27.9 Å². The van der Waals surface area contributed by atoms with Crippen LogP contribution in [0.1, 0.15) is 12.7 Å². The fourth-order valence-corrected chi connectivity index (χ4v) is 2.15. The molecule has 0 aliphatic carbocycles. The Balaban J connectivity index is 2.52. The first-order chi connectivity index (χ1) is 9.84. The second-order valence-electron chi connectivity index (χ2n) is 4.13. The maximum atomic E-state index is 13.0. The molecule has 0 fully saturated rings. The summed E-state index contributed by atoms with van der Waals surface area (Å²) in [5, 5.41) is 0.345. The van der Waals surface area contributed by atoms with Crippen LogP contribution in [-0.4, -0.2) is 16.2 Å². The summed E-state index contributed by atoms with van der Waals surface area (Å²) in [6.45, 7) is 1.63. The molecule has 1 heterocycles. The molecular weight excluding hydrogens is 328 g/mol. The molecule has 0 amide bonds. The van der Waals surface area contributed by atoms with E-state index in [2.05, 4.69) is 4.98 Å². The molecule has 1 aromatic heterocycles. The predicted molar refractivity (Wildman–Crippen MR) is 74.3 cm³/mol. The summed E-state index contributed by atoms with van der Waals surface area (Å²) < 4.78 is 44.9. The number of halogens is 5. The molecule has 8 heteroatoms. The molecule has 0 N–H and O–H groups in total. The van der Waals surface area contributed by atoms with Crippen LogP contribution < -0.4 is 0 Å². The number of hydrogen-bond donors (Lipinski definition) is 0. The van der Waals surface area contributed by atoms with Crippen LogP contribution in [0.3, 0.4) is 0 Å². The Hall–Kier alpha value is -1.24. The third kappa shape index (κ3) is 3.51. The Kier molecular flexibility index (Phi) is 4.81. The van der Waals surface area contributed by atoms with Crippen molar-refractivity contribution in [3.8, 4) is 11.3 Å². The van der Waals surface area contributed by atoms with Crippen LogP contribution in [0.2, 0.25) is 10.2 Å². The van der Waals surface area contributed by atoms with Gasteiger partial charge in [-0.3, -0.25) is 4.57 Å². The zero-order chi connectivity index (χ0) is 15.6. The van der Waals surface area contributed by atoms with Gasteiger partial charge in [-0.2, -0.15) is 13.2 Å². The van der Waals surface area contributed by atoms with E-state index in [0.29, 0.717) is 10.6 Å². The summed E-state index contributed by atoms with van der Waals surface area (Å²) in [4.78, 5) is 3.62. The second kappa shape index (κ2) is 6.25. The van der Waals surface area contributed by atoms with Gasteiger partial charge in [-0.05, 0) is 19.1 Å². The van der Waals surface area contributed by atoms with E-state index in [9.17, 15) is 13.2 Å². The molecule has 3 nitrogen and oxygen atoms in total. The summed E-state index contributed by atoms with van der Waals surface area (Å²) in [6.07, 6.45) is -4.62. The summed E-state index contributed by atoms with van der Waals surface area (Å²) in [6, 6.07) is 6.23. The summed E-state index contributed by atoms with van der Waals surface area (Å²) in [5.74, 6) is -1.09. The maximum absolute atomic E-state index is 13.0. The molecule has 0 saturated heterocycles. The fourth-order valence-electron chi connectivity index (χ4n) is 1.74. The van der Waals surface area contributed by atoms with Crippen LogP contribution in [0.15, 0.2) is 24.3 Å². The highest BCUT2D eigenvalue weighted by Crippen LogP contribution is 2.36. The predicted octanol–water partition coefficient (Wildman–Crippen LogP) is 4.87. The third-order valence-electron chi connectivity index (χ3n) is 2.70. The van der Waals surface area contributed by atoms with E-state index in [1.54, 1.807) is 31.2 Å². The van der Waals surface area contributed by atoms with E-state index in [1.807, 2.05) is 0 Å². The lowest BCUT2D eigenvalue weighted by Crippen LogP contribution is -2.16. The molecule has 0 unspecified atom stereocenters. The molecule has 0 aliphatic heterocycles. The molecule has 0 atom stereocenters. The summed E-state index contributed by atoms with van der Waals surface area (Å²) >= 11 is 11.8. The summed E-state index contributed by atoms with van der Waals surface area (Å²) in [7, 11) is 0. The van der Waals surface area contributed by atoms with Gasteiger partial charge in [0.25, 0.3) is 0 Å². The monoisotopic (exact) mass is 338 g/mol. The van der Waals surface area contributed by atoms with Crippen LogP contribution in [0, 0.1) is 0 Å². The average molecular weight is 339 g/mol. The van der Waals surface area contributed by atoms with Crippen LogP contribution in [0.4, 0.5) is 13.2 Å². The van der Waals surface area contributed by atoms with Gasteiger partial charge in [0.05, 0.1) is 0 Å². The van der Waals surface area contributed by atoms with E-state index in [-0.39, 0.29) is 24.2 Å². The van der Waals surface area contributed by atoms with Crippen molar-refractivity contribution in [2.75, 3.05) is 6.61 Å². The minimum Gasteiger partial charge on any atom is -0.361 e. The molecule has 0 aliphatic rings. The van der Waals surface area contributed by atoms with Crippen molar-refractivity contribution in [1.29, 1.82) is 0 Å². The number of rotatable bonds is 4. The van der Waals surface area contributed by atoms with Crippen molar-refractivity contribution in [3.05, 3.63) is 40.3 Å². The number of benzene rings is 1. The Morgan fingerprint density at radius 2 is 1.81 bits per heavy atom. The Morgan fingerprint density at radius 3 is 2.33 bits per heavy atom. The van der Waals surface area contributed by atoms with Crippen molar-refractivity contribution < 1.29 is 17.9 Å². The van der Waals surface area contributed by atoms with E-state index < -0.39 is 12.0 Å². The number of imidazole rings is 1. The molecule has 2 rings (SSSR count). The Morgan fingerprint density at radius 1 is 1.19 bits per heavy atom. The van der Waals surface area contributed by atoms with Crippen molar-refractivity contribution >= 4 is 23.2 Å². The zero-order valence-electron chi connectivity index (χ0n) is 10.9. The van der Waals surface area contributed by atoms with Crippen molar-refractivity contribution in [1.82, 2.24) is 9.55 Å². The van der Waals surface area contributed by atoms with Crippen molar-refractivity contribution in [2.45, 2.75) is 19.8 Å². The average Bonchev–Trinajstić information content (AvgIpc) is 2.74. The lowest BCUT2D eigenvalue weighted by atomic mass is 10.2. The molecule has 0 radical (unpaired) electrons. The number of hydrogen-bond acceptors (Lipinski definition) is 2. The molecule has 1 aromatic carbocycles. The van der Waals surface area contributed by atoms with Crippen molar-refractivity contribution in [3.63, 3.8) is 0 Å². The first-order valence-corrected chi connectivity index (χ1v) is 6.77. The smallest absolute Gasteiger partial charge is 0.361 e. The van der Waals surface area contributed by atoms with Gasteiger partial charge in [-0.15, -0.1) is 0 Å². The molecule has 2 aromatic rings. The lowest BCUT2D eigenvalue weighted by Gasteiger charge is -2.10. The minimum atomic E-state index is -4.62. The van der Waals surface area contributed by atoms with E-state index >= 15 is 0 Å². The van der Waals surface area contributed by atoms with Gasteiger partial charge in [-0.25, -0.2) is 4.98 Å². The Bertz CT molecular complexity index is 624. The highest BCUT2D eigenvalue weighted by atomic mass is 35.5. The number of alkyl halides is 3. The zero-order valence-corrected chi connectivity index (χ0v) is 12.4. The highest BCUT2D eigenvalue weighted by Gasteiger charge is 2.39. The maximum Gasteiger partial charge on any atom is 0.449 e. The largest absolute Gasteiger partial charge is 0.449 e. The van der Waals surface area contributed by atoms with Gasteiger partial charge in [0.1, 0.15) is 17.6 Å². The van der Waals surface area contributed by atoms with Gasteiger partial charge < -0.3 is 4.74 Å². The highest BCUT2D eigenvalue weighted by molar-refractivity contribution is 6.32. The number of ether oxygens (including phenoxy) is 1. The standard InChI is InChI=1S/C13H11Cl2F3N2O/c1-2-21-7-20-11(15)10(19-12(20)13(16,17)18)8-3-5-9(14)6-4-8/h3-6H,2,7H2,1H3. The number of aromatic nitrogens is 2. The Labute approximate surface area is 129 Å². The normalized spacial score (nSPS) is 11.9. The molecule has 0 spiro atoms. The van der Waals surface area contributed by atoms with Crippen LogP contribution >= 0.6 is 23.2 Å². The lowest BCUT2D eigenvalue weighted by molar-refractivity contribution is -0.149.